The predicted octanol–water partition coefficient (Wildman–Crippen LogP) is 2.32. The van der Waals surface area contributed by atoms with E-state index in [-0.39, 0.29) is 18.8 Å². The van der Waals surface area contributed by atoms with Crippen LogP contribution in [0, 0.1) is 5.41 Å². The first-order chi connectivity index (χ1) is 9.27. The second kappa shape index (κ2) is 5.80. The van der Waals surface area contributed by atoms with Crippen molar-refractivity contribution in [3.63, 3.8) is 0 Å². The minimum absolute atomic E-state index is 0.144. The summed E-state index contributed by atoms with van der Waals surface area (Å²) in [5.74, 6) is 0.144. The van der Waals surface area contributed by atoms with Crippen LogP contribution in [0.3, 0.4) is 0 Å². The van der Waals surface area contributed by atoms with Crippen LogP contribution in [-0.4, -0.2) is 43.4 Å². The van der Waals surface area contributed by atoms with Crippen molar-refractivity contribution in [3.8, 4) is 0 Å². The van der Waals surface area contributed by atoms with Gasteiger partial charge >= 0.3 is 0 Å². The van der Waals surface area contributed by atoms with Gasteiger partial charge in [-0.2, -0.15) is 0 Å². The monoisotopic (exact) mass is 267 g/mol. The number of ether oxygens (including phenoxy) is 2. The summed E-state index contributed by atoms with van der Waals surface area (Å²) in [7, 11) is 0. The molecule has 3 aliphatic rings. The van der Waals surface area contributed by atoms with Crippen LogP contribution in [0.2, 0.25) is 0 Å². The Hall–Kier alpha value is -0.610. The fraction of sp³-hybridized carbons (Fsp3) is 0.933. The fourth-order valence-corrected chi connectivity index (χ4v) is 3.66. The van der Waals surface area contributed by atoms with E-state index in [2.05, 4.69) is 0 Å². The zero-order valence-electron chi connectivity index (χ0n) is 11.7. The lowest BCUT2D eigenvalue weighted by molar-refractivity contribution is -0.181. The zero-order chi connectivity index (χ0) is 13.1. The summed E-state index contributed by atoms with van der Waals surface area (Å²) in [4.78, 5) is 14.0. The van der Waals surface area contributed by atoms with Gasteiger partial charge < -0.3 is 14.4 Å². The molecule has 0 aromatic heterocycles. The van der Waals surface area contributed by atoms with E-state index in [0.29, 0.717) is 5.41 Å². The largest absolute Gasteiger partial charge is 0.353 e. The first-order valence-corrected chi connectivity index (χ1v) is 7.78. The molecule has 108 valence electrons. The third-order valence-corrected chi connectivity index (χ3v) is 4.85. The Morgan fingerprint density at radius 1 is 1.16 bits per heavy atom. The smallest absolute Gasteiger partial charge is 0.248 e. The van der Waals surface area contributed by atoms with Gasteiger partial charge in [-0.15, -0.1) is 0 Å². The number of likely N-dealkylation sites (tertiary alicyclic amines) is 1. The van der Waals surface area contributed by atoms with Crippen LogP contribution in [0.1, 0.15) is 51.4 Å². The molecule has 2 heterocycles. The molecule has 2 aliphatic heterocycles. The molecule has 1 aliphatic carbocycles. The van der Waals surface area contributed by atoms with E-state index in [1.54, 1.807) is 0 Å². The summed E-state index contributed by atoms with van der Waals surface area (Å²) >= 11 is 0. The molecular formula is C15H25NO3. The molecule has 1 unspecified atom stereocenters. The molecule has 0 aromatic rings. The SMILES string of the molecule is O=C(COC1CCCCO1)N1CC2(CCCCC2)C1. The van der Waals surface area contributed by atoms with Crippen LogP contribution in [0.4, 0.5) is 0 Å². The normalized spacial score (nSPS) is 30.1. The van der Waals surface area contributed by atoms with Gasteiger partial charge in [0.25, 0.3) is 0 Å². The molecule has 1 atom stereocenters. The minimum atomic E-state index is -0.150. The highest BCUT2D eigenvalue weighted by Gasteiger charge is 2.45. The van der Waals surface area contributed by atoms with E-state index >= 15 is 0 Å². The van der Waals surface area contributed by atoms with Gasteiger partial charge in [-0.05, 0) is 32.1 Å². The number of nitrogens with zero attached hydrogens (tertiary/aromatic N) is 1. The Morgan fingerprint density at radius 3 is 2.63 bits per heavy atom. The highest BCUT2D eigenvalue weighted by molar-refractivity contribution is 5.78. The average Bonchev–Trinajstić information content (AvgIpc) is 2.44. The van der Waals surface area contributed by atoms with Crippen LogP contribution in [0.5, 0.6) is 0 Å². The maximum absolute atomic E-state index is 12.0. The van der Waals surface area contributed by atoms with Crippen LogP contribution in [0.25, 0.3) is 0 Å². The molecule has 1 spiro atoms. The van der Waals surface area contributed by atoms with E-state index in [4.69, 9.17) is 9.47 Å². The van der Waals surface area contributed by atoms with Crippen molar-refractivity contribution in [2.24, 2.45) is 5.41 Å². The van der Waals surface area contributed by atoms with Crippen molar-refractivity contribution < 1.29 is 14.3 Å². The molecule has 3 rings (SSSR count). The molecule has 0 aromatic carbocycles. The van der Waals surface area contributed by atoms with Crippen molar-refractivity contribution in [1.82, 2.24) is 4.90 Å². The summed E-state index contributed by atoms with van der Waals surface area (Å²) in [6, 6.07) is 0. The van der Waals surface area contributed by atoms with Crippen molar-refractivity contribution in [1.29, 1.82) is 0 Å². The van der Waals surface area contributed by atoms with Gasteiger partial charge in [-0.1, -0.05) is 19.3 Å². The second-order valence-electron chi connectivity index (χ2n) is 6.42. The summed E-state index contributed by atoms with van der Waals surface area (Å²) in [5.41, 5.74) is 0.468. The van der Waals surface area contributed by atoms with Gasteiger partial charge in [0.1, 0.15) is 6.61 Å². The molecule has 2 saturated heterocycles. The maximum atomic E-state index is 12.0. The molecule has 1 amide bonds. The highest BCUT2D eigenvalue weighted by atomic mass is 16.7. The van der Waals surface area contributed by atoms with Gasteiger partial charge in [-0.25, -0.2) is 0 Å². The maximum Gasteiger partial charge on any atom is 0.248 e. The van der Waals surface area contributed by atoms with E-state index < -0.39 is 0 Å². The molecule has 1 saturated carbocycles. The van der Waals surface area contributed by atoms with Crippen LogP contribution < -0.4 is 0 Å². The third kappa shape index (κ3) is 3.11. The van der Waals surface area contributed by atoms with Crippen molar-refractivity contribution >= 4 is 5.91 Å². The molecule has 4 nitrogen and oxygen atoms in total. The van der Waals surface area contributed by atoms with Crippen LogP contribution >= 0.6 is 0 Å². The first-order valence-electron chi connectivity index (χ1n) is 7.78. The fourth-order valence-electron chi connectivity index (χ4n) is 3.66. The molecule has 19 heavy (non-hydrogen) atoms. The lowest BCUT2D eigenvalue weighted by atomic mass is 9.68. The number of hydrogen-bond acceptors (Lipinski definition) is 3. The predicted molar refractivity (Wildman–Crippen MR) is 71.6 cm³/mol. The van der Waals surface area contributed by atoms with Crippen molar-refractivity contribution in [2.45, 2.75) is 57.7 Å². The zero-order valence-corrected chi connectivity index (χ0v) is 11.7. The molecule has 0 bridgehead atoms. The van der Waals surface area contributed by atoms with E-state index in [1.165, 1.54) is 32.1 Å². The van der Waals surface area contributed by atoms with Gasteiger partial charge in [0.15, 0.2) is 6.29 Å². The van der Waals surface area contributed by atoms with Crippen LogP contribution in [-0.2, 0) is 14.3 Å². The van der Waals surface area contributed by atoms with Gasteiger partial charge in [0, 0.05) is 25.1 Å². The Kier molecular flexibility index (Phi) is 4.08. The Balaban J connectivity index is 1.37. The molecule has 0 N–H and O–H groups in total. The van der Waals surface area contributed by atoms with Gasteiger partial charge in [0.05, 0.1) is 0 Å². The average molecular weight is 267 g/mol. The third-order valence-electron chi connectivity index (χ3n) is 4.85. The van der Waals surface area contributed by atoms with Gasteiger partial charge in [-0.3, -0.25) is 4.79 Å². The van der Waals surface area contributed by atoms with E-state index in [1.807, 2.05) is 4.90 Å². The van der Waals surface area contributed by atoms with Gasteiger partial charge in [0.2, 0.25) is 5.91 Å². The lowest BCUT2D eigenvalue weighted by Gasteiger charge is -2.52. The summed E-state index contributed by atoms with van der Waals surface area (Å²) in [6.45, 7) is 2.88. The minimum Gasteiger partial charge on any atom is -0.353 e. The number of hydrogen-bond donors (Lipinski definition) is 0. The topological polar surface area (TPSA) is 38.8 Å². The lowest BCUT2D eigenvalue weighted by Crippen LogP contribution is -2.59. The van der Waals surface area contributed by atoms with E-state index in [0.717, 1.165) is 39.0 Å². The standard InChI is InChI=1S/C15H25NO3/c17-13(10-19-14-6-2-5-9-18-14)16-11-15(12-16)7-3-1-4-8-15/h14H,1-12H2. The number of carbonyl (C=O) groups is 1. The van der Waals surface area contributed by atoms with E-state index in [9.17, 15) is 4.79 Å². The van der Waals surface area contributed by atoms with Crippen LogP contribution in [0.15, 0.2) is 0 Å². The number of carbonyl (C=O) groups excluding carboxylic acids is 1. The summed E-state index contributed by atoms with van der Waals surface area (Å²) in [5, 5.41) is 0. The Labute approximate surface area is 115 Å². The summed E-state index contributed by atoms with van der Waals surface area (Å²) < 4.78 is 11.0. The second-order valence-corrected chi connectivity index (χ2v) is 6.42. The molecule has 4 heteroatoms. The Bertz CT molecular complexity index is 311. The summed E-state index contributed by atoms with van der Waals surface area (Å²) in [6.07, 6.45) is 9.71. The van der Waals surface area contributed by atoms with Crippen molar-refractivity contribution in [3.05, 3.63) is 0 Å². The number of rotatable bonds is 3. The van der Waals surface area contributed by atoms with Crippen molar-refractivity contribution in [2.75, 3.05) is 26.3 Å². The quantitative estimate of drug-likeness (QED) is 0.787. The molecule has 0 radical (unpaired) electrons. The molecular weight excluding hydrogens is 242 g/mol. The Morgan fingerprint density at radius 2 is 1.95 bits per heavy atom. The number of amides is 1. The molecule has 3 fully saturated rings. The highest BCUT2D eigenvalue weighted by Crippen LogP contribution is 2.43. The first kappa shape index (κ1) is 13.4.